The lowest BCUT2D eigenvalue weighted by Crippen LogP contribution is -2.50. The molecule has 0 aliphatic carbocycles. The quantitative estimate of drug-likeness (QED) is 0.168. The fraction of sp³-hybridized carbons (Fsp3) is 0.394. The number of benzene rings is 3. The minimum Gasteiger partial charge on any atom is -0.457 e. The number of carbonyl (C=O) groups is 2. The molecule has 10 nitrogen and oxygen atoms in total. The fourth-order valence-corrected chi connectivity index (χ4v) is 6.30. The van der Waals surface area contributed by atoms with Gasteiger partial charge in [-0.05, 0) is 80.1 Å². The summed E-state index contributed by atoms with van der Waals surface area (Å²) >= 11 is 0. The van der Waals surface area contributed by atoms with Crippen molar-refractivity contribution in [1.29, 1.82) is 0 Å². The average molecular weight is 694 g/mol. The van der Waals surface area contributed by atoms with Crippen molar-refractivity contribution in [2.45, 2.75) is 71.5 Å². The zero-order valence-corrected chi connectivity index (χ0v) is 28.5. The molecule has 3 amide bonds. The fourth-order valence-electron chi connectivity index (χ4n) is 5.76. The standard InChI is InChI=1S/C33H41F2N5O5S.ClH/c1-5-6-7-25-16-23(37-33(42)38-30-17-27(32(36)41)28(34)18-29(30)35)12-13-40(25)19-22-8-10-26(11-9-22)45-31-20(2)14-24(15-21(31)3)39-46(4,43)44;/h8-11,14-15,17-18,23,25,39H,5-7,12-13,16,19H2,1-4H3,(H2,36,41)(H2,37,38,42);1H. The highest BCUT2D eigenvalue weighted by atomic mass is 35.5. The van der Waals surface area contributed by atoms with Gasteiger partial charge >= 0.3 is 6.03 Å². The third-order valence-corrected chi connectivity index (χ3v) is 8.53. The summed E-state index contributed by atoms with van der Waals surface area (Å²) < 4.78 is 60.0. The first-order valence-corrected chi connectivity index (χ1v) is 17.1. The van der Waals surface area contributed by atoms with Crippen molar-refractivity contribution < 1.29 is 31.5 Å². The van der Waals surface area contributed by atoms with Crippen LogP contribution in [0.15, 0.2) is 48.5 Å². The Morgan fingerprint density at radius 3 is 2.30 bits per heavy atom. The Labute approximate surface area is 280 Å². The van der Waals surface area contributed by atoms with Crippen LogP contribution in [0.5, 0.6) is 11.5 Å². The summed E-state index contributed by atoms with van der Waals surface area (Å²) in [5.74, 6) is -1.83. The molecule has 3 aromatic rings. The predicted molar refractivity (Wildman–Crippen MR) is 182 cm³/mol. The summed E-state index contributed by atoms with van der Waals surface area (Å²) in [4.78, 5) is 26.6. The number of urea groups is 1. The maximum Gasteiger partial charge on any atom is 0.319 e. The smallest absolute Gasteiger partial charge is 0.319 e. The van der Waals surface area contributed by atoms with E-state index in [1.54, 1.807) is 12.1 Å². The van der Waals surface area contributed by atoms with Crippen LogP contribution in [0.3, 0.4) is 0 Å². The Bertz CT molecular complexity index is 1670. The number of nitrogens with zero attached hydrogens (tertiary/aromatic N) is 1. The van der Waals surface area contributed by atoms with E-state index in [-0.39, 0.29) is 30.2 Å². The zero-order chi connectivity index (χ0) is 33.6. The summed E-state index contributed by atoms with van der Waals surface area (Å²) in [6.07, 6.45) is 5.51. The summed E-state index contributed by atoms with van der Waals surface area (Å²) in [7, 11) is -3.39. The van der Waals surface area contributed by atoms with Crippen LogP contribution < -0.4 is 25.8 Å². The minimum atomic E-state index is -3.39. The molecule has 47 heavy (non-hydrogen) atoms. The van der Waals surface area contributed by atoms with Crippen molar-refractivity contribution >= 4 is 45.7 Å². The van der Waals surface area contributed by atoms with Crippen LogP contribution >= 0.6 is 12.4 Å². The number of aryl methyl sites for hydroxylation is 2. The van der Waals surface area contributed by atoms with E-state index in [1.807, 2.05) is 38.1 Å². The van der Waals surface area contributed by atoms with Crippen LogP contribution in [0, 0.1) is 25.5 Å². The van der Waals surface area contributed by atoms with Crippen LogP contribution in [0.1, 0.15) is 66.1 Å². The van der Waals surface area contributed by atoms with Crippen LogP contribution in [0.4, 0.5) is 25.0 Å². The molecule has 0 spiro atoms. The lowest BCUT2D eigenvalue weighted by atomic mass is 9.93. The molecule has 2 unspecified atom stereocenters. The summed E-state index contributed by atoms with van der Waals surface area (Å²) in [5.41, 5.74) is 7.51. The van der Waals surface area contributed by atoms with Gasteiger partial charge in [0.15, 0.2) is 0 Å². The Kier molecular flexibility index (Phi) is 13.0. The van der Waals surface area contributed by atoms with E-state index in [1.165, 1.54) is 0 Å². The van der Waals surface area contributed by atoms with Gasteiger partial charge in [-0.1, -0.05) is 31.9 Å². The van der Waals surface area contributed by atoms with Gasteiger partial charge in [0, 0.05) is 36.9 Å². The van der Waals surface area contributed by atoms with Gasteiger partial charge in [-0.15, -0.1) is 12.4 Å². The second kappa shape index (κ2) is 16.2. The number of amides is 3. The van der Waals surface area contributed by atoms with Gasteiger partial charge in [-0.25, -0.2) is 22.0 Å². The lowest BCUT2D eigenvalue weighted by molar-refractivity contribution is 0.0996. The summed E-state index contributed by atoms with van der Waals surface area (Å²) in [6.45, 7) is 7.31. The molecule has 3 aromatic carbocycles. The van der Waals surface area contributed by atoms with E-state index in [0.717, 1.165) is 54.8 Å². The van der Waals surface area contributed by atoms with Crippen LogP contribution in [-0.4, -0.2) is 50.1 Å². The van der Waals surface area contributed by atoms with Crippen molar-refractivity contribution in [3.8, 4) is 11.5 Å². The highest BCUT2D eigenvalue weighted by Crippen LogP contribution is 2.32. The molecule has 1 aliphatic heterocycles. The van der Waals surface area contributed by atoms with E-state index < -0.39 is 39.2 Å². The van der Waals surface area contributed by atoms with E-state index in [4.69, 9.17) is 10.5 Å². The SMILES string of the molecule is CCCCC1CC(NC(=O)Nc2cc(C(N)=O)c(F)cc2F)CCN1Cc1ccc(Oc2c(C)cc(NS(C)(=O)=O)cc2C)cc1.Cl. The maximum atomic E-state index is 14.3. The molecule has 0 aromatic heterocycles. The van der Waals surface area contributed by atoms with E-state index in [9.17, 15) is 26.8 Å². The molecule has 0 saturated carbocycles. The van der Waals surface area contributed by atoms with Gasteiger partial charge in [0.2, 0.25) is 10.0 Å². The van der Waals surface area contributed by atoms with Gasteiger partial charge in [-0.2, -0.15) is 0 Å². The minimum absolute atomic E-state index is 0. The Hall–Kier alpha value is -3.94. The first kappa shape index (κ1) is 37.5. The second-order valence-electron chi connectivity index (χ2n) is 11.8. The molecular formula is C33H42ClF2N5O5S. The highest BCUT2D eigenvalue weighted by Gasteiger charge is 2.29. The summed E-state index contributed by atoms with van der Waals surface area (Å²) in [6, 6.07) is 12.2. The average Bonchev–Trinajstić information content (AvgIpc) is 2.96. The molecular weight excluding hydrogens is 652 g/mol. The number of rotatable bonds is 12. The van der Waals surface area contributed by atoms with Crippen molar-refractivity contribution in [1.82, 2.24) is 10.2 Å². The number of primary amides is 1. The van der Waals surface area contributed by atoms with Gasteiger partial charge in [0.25, 0.3) is 5.91 Å². The summed E-state index contributed by atoms with van der Waals surface area (Å²) in [5, 5.41) is 5.28. The van der Waals surface area contributed by atoms with E-state index in [0.29, 0.717) is 42.6 Å². The third-order valence-electron chi connectivity index (χ3n) is 7.93. The number of ether oxygens (including phenoxy) is 1. The second-order valence-corrected chi connectivity index (χ2v) is 13.6. The number of anilines is 2. The topological polar surface area (TPSA) is 143 Å². The van der Waals surface area contributed by atoms with E-state index >= 15 is 0 Å². The molecule has 0 radical (unpaired) electrons. The largest absolute Gasteiger partial charge is 0.457 e. The van der Waals surface area contributed by atoms with Crippen molar-refractivity contribution in [3.05, 3.63) is 82.4 Å². The molecule has 5 N–H and O–H groups in total. The molecule has 1 aliphatic rings. The first-order chi connectivity index (χ1) is 21.7. The molecule has 1 heterocycles. The third kappa shape index (κ3) is 10.5. The van der Waals surface area contributed by atoms with Gasteiger partial charge in [0.05, 0.1) is 17.5 Å². The molecule has 14 heteroatoms. The number of carbonyl (C=O) groups excluding carboxylic acids is 2. The number of likely N-dealkylation sites (tertiary alicyclic amines) is 1. The van der Waals surface area contributed by atoms with Gasteiger partial charge in [-0.3, -0.25) is 14.4 Å². The number of halogens is 3. The van der Waals surface area contributed by atoms with Crippen LogP contribution in [-0.2, 0) is 16.6 Å². The highest BCUT2D eigenvalue weighted by molar-refractivity contribution is 7.92. The van der Waals surface area contributed by atoms with Crippen molar-refractivity contribution in [2.75, 3.05) is 22.8 Å². The van der Waals surface area contributed by atoms with Crippen molar-refractivity contribution in [2.24, 2.45) is 5.73 Å². The number of sulfonamides is 1. The number of hydrogen-bond acceptors (Lipinski definition) is 6. The van der Waals surface area contributed by atoms with Gasteiger partial charge in [0.1, 0.15) is 23.1 Å². The normalized spacial score (nSPS) is 16.6. The zero-order valence-electron chi connectivity index (χ0n) is 26.9. The maximum absolute atomic E-state index is 14.3. The Morgan fingerprint density at radius 2 is 1.70 bits per heavy atom. The molecule has 2 atom stereocenters. The molecule has 1 saturated heterocycles. The molecule has 256 valence electrons. The molecule has 0 bridgehead atoms. The first-order valence-electron chi connectivity index (χ1n) is 15.2. The number of piperidine rings is 1. The Balaban J connectivity index is 0.00000600. The number of nitrogens with one attached hydrogen (secondary N) is 3. The van der Waals surface area contributed by atoms with Gasteiger partial charge < -0.3 is 21.1 Å². The molecule has 1 fully saturated rings. The monoisotopic (exact) mass is 693 g/mol. The van der Waals surface area contributed by atoms with Crippen molar-refractivity contribution in [3.63, 3.8) is 0 Å². The number of nitrogens with two attached hydrogens (primary N) is 1. The van der Waals surface area contributed by atoms with E-state index in [2.05, 4.69) is 27.2 Å². The van der Waals surface area contributed by atoms with Crippen LogP contribution in [0.25, 0.3) is 0 Å². The number of hydrogen-bond donors (Lipinski definition) is 4. The predicted octanol–water partition coefficient (Wildman–Crippen LogP) is 6.61. The molecule has 4 rings (SSSR count). The lowest BCUT2D eigenvalue weighted by Gasteiger charge is -2.40. The van der Waals surface area contributed by atoms with Crippen LogP contribution in [0.2, 0.25) is 0 Å². The Morgan fingerprint density at radius 1 is 1.04 bits per heavy atom. The number of unbranched alkanes of at least 4 members (excludes halogenated alkanes) is 1.